The summed E-state index contributed by atoms with van der Waals surface area (Å²) < 4.78 is 109. The first-order valence-corrected chi connectivity index (χ1v) is 10.5. The highest BCUT2D eigenvalue weighted by molar-refractivity contribution is 5.66. The minimum absolute atomic E-state index is 0.265. The highest BCUT2D eigenvalue weighted by Crippen LogP contribution is 2.34. The zero-order valence-corrected chi connectivity index (χ0v) is 17.7. The molecule has 33 heavy (non-hydrogen) atoms. The van der Waals surface area contributed by atoms with Crippen molar-refractivity contribution in [2.24, 2.45) is 5.92 Å². The van der Waals surface area contributed by atoms with Crippen LogP contribution < -0.4 is 4.74 Å². The van der Waals surface area contributed by atoms with Gasteiger partial charge in [0.15, 0.2) is 17.9 Å². The van der Waals surface area contributed by atoms with Gasteiger partial charge < -0.3 is 14.2 Å². The Balaban J connectivity index is 1.68. The number of hydrogen-bond donors (Lipinski definition) is 0. The lowest BCUT2D eigenvalue weighted by Gasteiger charge is -2.29. The van der Waals surface area contributed by atoms with Crippen molar-refractivity contribution < 1.29 is 44.9 Å². The first-order chi connectivity index (χ1) is 15.6. The standard InChI is InChI=1S/C23H23F7O3/c1-2-3-14-11-31-20(32-12-14)7-4-13-8-17(25)21(18(26)9-13)15-5-6-19(16(24)10-15)33-23(29,30)22(27)28/h5-6,8-10,14,20,22H,2-4,7,11-12H2,1H3. The van der Waals surface area contributed by atoms with Crippen LogP contribution in [0.15, 0.2) is 30.3 Å². The van der Waals surface area contributed by atoms with Crippen LogP contribution in [0.25, 0.3) is 11.1 Å². The molecule has 0 bridgehead atoms. The SMILES string of the molecule is CCCC1COC(CCc2cc(F)c(-c3ccc(OC(F)(F)C(F)F)c(F)c3)c(F)c2)OC1. The molecule has 2 aromatic carbocycles. The molecule has 1 saturated heterocycles. The predicted octanol–water partition coefficient (Wildman–Crippen LogP) is 6.73. The van der Waals surface area contributed by atoms with Crippen molar-refractivity contribution in [1.82, 2.24) is 0 Å². The summed E-state index contributed by atoms with van der Waals surface area (Å²) in [6.45, 7) is 3.20. The Morgan fingerprint density at radius 3 is 2.15 bits per heavy atom. The van der Waals surface area contributed by atoms with E-state index in [1.54, 1.807) is 0 Å². The van der Waals surface area contributed by atoms with E-state index in [4.69, 9.17) is 9.47 Å². The molecule has 0 atom stereocenters. The van der Waals surface area contributed by atoms with E-state index in [-0.39, 0.29) is 12.0 Å². The fourth-order valence-corrected chi connectivity index (χ4v) is 3.59. The van der Waals surface area contributed by atoms with Crippen molar-refractivity contribution in [2.75, 3.05) is 13.2 Å². The molecule has 3 rings (SSSR count). The molecule has 0 saturated carbocycles. The van der Waals surface area contributed by atoms with E-state index in [1.165, 1.54) is 0 Å². The maximum absolute atomic E-state index is 14.6. The largest absolute Gasteiger partial charge is 0.461 e. The highest BCUT2D eigenvalue weighted by atomic mass is 19.3. The van der Waals surface area contributed by atoms with E-state index < -0.39 is 47.6 Å². The average molecular weight is 480 g/mol. The van der Waals surface area contributed by atoms with Gasteiger partial charge in [-0.2, -0.15) is 17.6 Å². The molecule has 1 aliphatic heterocycles. The van der Waals surface area contributed by atoms with Gasteiger partial charge in [0, 0.05) is 12.3 Å². The molecule has 182 valence electrons. The predicted molar refractivity (Wildman–Crippen MR) is 106 cm³/mol. The van der Waals surface area contributed by atoms with E-state index in [2.05, 4.69) is 11.7 Å². The number of alkyl halides is 4. The van der Waals surface area contributed by atoms with Crippen molar-refractivity contribution in [3.8, 4) is 16.9 Å². The van der Waals surface area contributed by atoms with Gasteiger partial charge >= 0.3 is 12.5 Å². The summed E-state index contributed by atoms with van der Waals surface area (Å²) >= 11 is 0. The van der Waals surface area contributed by atoms with Crippen LogP contribution >= 0.6 is 0 Å². The molecule has 1 fully saturated rings. The Morgan fingerprint density at radius 2 is 1.61 bits per heavy atom. The van der Waals surface area contributed by atoms with Crippen LogP contribution in [0.3, 0.4) is 0 Å². The third-order valence-corrected chi connectivity index (χ3v) is 5.22. The zero-order valence-electron chi connectivity index (χ0n) is 17.7. The fraction of sp³-hybridized carbons (Fsp3) is 0.478. The second-order valence-electron chi connectivity index (χ2n) is 7.83. The quantitative estimate of drug-likeness (QED) is 0.373. The Bertz CT molecular complexity index is 921. The monoisotopic (exact) mass is 480 g/mol. The van der Waals surface area contributed by atoms with Crippen LogP contribution in [0.1, 0.15) is 31.7 Å². The molecule has 3 nitrogen and oxygen atoms in total. The number of ether oxygens (including phenoxy) is 3. The maximum atomic E-state index is 14.6. The Labute approximate surface area is 186 Å². The van der Waals surface area contributed by atoms with Crippen molar-refractivity contribution in [2.45, 2.75) is 51.4 Å². The van der Waals surface area contributed by atoms with Crippen molar-refractivity contribution >= 4 is 0 Å². The molecule has 0 unspecified atom stereocenters. The minimum atomic E-state index is -4.91. The van der Waals surface area contributed by atoms with Crippen molar-refractivity contribution in [1.29, 1.82) is 0 Å². The molecule has 0 radical (unpaired) electrons. The Morgan fingerprint density at radius 1 is 0.970 bits per heavy atom. The number of rotatable bonds is 9. The van der Waals surface area contributed by atoms with Gasteiger partial charge in [-0.05, 0) is 48.2 Å². The lowest BCUT2D eigenvalue weighted by atomic mass is 10.00. The van der Waals surface area contributed by atoms with Crippen LogP contribution in [-0.2, 0) is 15.9 Å². The summed E-state index contributed by atoms with van der Waals surface area (Å²) in [5, 5.41) is 0. The third-order valence-electron chi connectivity index (χ3n) is 5.22. The summed E-state index contributed by atoms with van der Waals surface area (Å²) in [4.78, 5) is 0. The van der Waals surface area contributed by atoms with E-state index in [0.29, 0.717) is 43.2 Å². The highest BCUT2D eigenvalue weighted by Gasteiger charge is 2.44. The van der Waals surface area contributed by atoms with Crippen LogP contribution in [0.4, 0.5) is 30.7 Å². The smallest absolute Gasteiger partial charge is 0.425 e. The van der Waals surface area contributed by atoms with Crippen molar-refractivity contribution in [3.05, 3.63) is 53.3 Å². The summed E-state index contributed by atoms with van der Waals surface area (Å²) in [6.07, 6.45) is -6.90. The molecule has 10 heteroatoms. The molecule has 2 aromatic rings. The van der Waals surface area contributed by atoms with Gasteiger partial charge in [-0.15, -0.1) is 0 Å². The van der Waals surface area contributed by atoms with Crippen LogP contribution in [0.2, 0.25) is 0 Å². The first kappa shape index (κ1) is 25.3. The number of halogens is 7. The van der Waals surface area contributed by atoms with Gasteiger partial charge in [-0.3, -0.25) is 0 Å². The second-order valence-corrected chi connectivity index (χ2v) is 7.83. The summed E-state index contributed by atoms with van der Waals surface area (Å²) in [5.74, 6) is -4.30. The number of benzene rings is 2. The number of hydrogen-bond acceptors (Lipinski definition) is 3. The molecule has 0 N–H and O–H groups in total. The lowest BCUT2D eigenvalue weighted by Crippen LogP contribution is -2.33. The lowest BCUT2D eigenvalue weighted by molar-refractivity contribution is -0.254. The second kappa shape index (κ2) is 10.7. The summed E-state index contributed by atoms with van der Waals surface area (Å²) in [6, 6.07) is 4.20. The topological polar surface area (TPSA) is 27.7 Å². The van der Waals surface area contributed by atoms with Crippen LogP contribution in [-0.4, -0.2) is 32.0 Å². The average Bonchev–Trinajstić information content (AvgIpc) is 2.74. The zero-order chi connectivity index (χ0) is 24.2. The molecular formula is C23H23F7O3. The van der Waals surface area contributed by atoms with Gasteiger partial charge in [0.1, 0.15) is 11.6 Å². The molecule has 0 amide bonds. The molecule has 1 aliphatic rings. The summed E-state index contributed by atoms with van der Waals surface area (Å²) in [5.41, 5.74) is -0.561. The van der Waals surface area contributed by atoms with Crippen LogP contribution in [0.5, 0.6) is 5.75 Å². The first-order valence-electron chi connectivity index (χ1n) is 10.5. The maximum Gasteiger partial charge on any atom is 0.461 e. The van der Waals surface area contributed by atoms with Gasteiger partial charge in [-0.1, -0.05) is 19.4 Å². The van der Waals surface area contributed by atoms with Gasteiger partial charge in [-0.25, -0.2) is 13.2 Å². The number of aryl methyl sites for hydroxylation is 1. The molecular weight excluding hydrogens is 457 g/mol. The van der Waals surface area contributed by atoms with Gasteiger partial charge in [0.25, 0.3) is 0 Å². The van der Waals surface area contributed by atoms with E-state index in [1.807, 2.05) is 0 Å². The Kier molecular flexibility index (Phi) is 8.23. The minimum Gasteiger partial charge on any atom is -0.425 e. The third kappa shape index (κ3) is 6.38. The van der Waals surface area contributed by atoms with Crippen LogP contribution in [0, 0.1) is 23.4 Å². The van der Waals surface area contributed by atoms with E-state index in [9.17, 15) is 30.7 Å². The van der Waals surface area contributed by atoms with Crippen molar-refractivity contribution in [3.63, 3.8) is 0 Å². The van der Waals surface area contributed by atoms with E-state index >= 15 is 0 Å². The van der Waals surface area contributed by atoms with Gasteiger partial charge in [0.2, 0.25) is 0 Å². The molecule has 0 aliphatic carbocycles. The Hall–Kier alpha value is -2.33. The molecule has 1 heterocycles. The van der Waals surface area contributed by atoms with Gasteiger partial charge in [0.05, 0.1) is 18.8 Å². The normalized spacial score (nSPS) is 19.2. The molecule has 0 aromatic heterocycles. The fourth-order valence-electron chi connectivity index (χ4n) is 3.59. The summed E-state index contributed by atoms with van der Waals surface area (Å²) in [7, 11) is 0. The molecule has 0 spiro atoms. The van der Waals surface area contributed by atoms with E-state index in [0.717, 1.165) is 31.0 Å².